The normalized spacial score (nSPS) is 13.1. The summed E-state index contributed by atoms with van der Waals surface area (Å²) in [6.45, 7) is 0. The maximum absolute atomic E-state index is 12.4. The molecule has 1 aromatic carbocycles. The first kappa shape index (κ1) is 24.1. The molecule has 4 rings (SSSR count). The van der Waals surface area contributed by atoms with Crippen molar-refractivity contribution in [2.75, 3.05) is 31.0 Å². The Bertz CT molecular complexity index is 1390. The third-order valence-corrected chi connectivity index (χ3v) is 6.46. The SMILES string of the molecule is CNC(=O)c1nnc(NC(=O)C2CC2)cc1Nc1cccc(-c2ccc(S(C)(=O)=O)cn2)c1OC. The van der Waals surface area contributed by atoms with E-state index in [4.69, 9.17) is 4.74 Å². The predicted octanol–water partition coefficient (Wildman–Crippen LogP) is 2.40. The monoisotopic (exact) mass is 496 g/mol. The number of para-hydroxylation sites is 1. The second kappa shape index (κ2) is 9.66. The molecule has 0 spiro atoms. The van der Waals surface area contributed by atoms with Crippen molar-refractivity contribution in [3.8, 4) is 17.0 Å². The number of pyridine rings is 1. The fourth-order valence-corrected chi connectivity index (χ4v) is 3.93. The van der Waals surface area contributed by atoms with Gasteiger partial charge in [0.15, 0.2) is 27.1 Å². The minimum absolute atomic E-state index is 0.0230. The molecule has 0 bridgehead atoms. The lowest BCUT2D eigenvalue weighted by molar-refractivity contribution is -0.117. The fourth-order valence-electron chi connectivity index (χ4n) is 3.37. The maximum Gasteiger partial charge on any atom is 0.273 e. The van der Waals surface area contributed by atoms with Crippen molar-refractivity contribution in [2.45, 2.75) is 17.7 Å². The number of hydrogen-bond acceptors (Lipinski definition) is 9. The number of methoxy groups -OCH3 is 1. The van der Waals surface area contributed by atoms with Crippen molar-refractivity contribution in [1.82, 2.24) is 20.5 Å². The van der Waals surface area contributed by atoms with E-state index in [1.54, 1.807) is 24.3 Å². The van der Waals surface area contributed by atoms with Gasteiger partial charge in [0.25, 0.3) is 5.91 Å². The van der Waals surface area contributed by atoms with Crippen LogP contribution in [0.1, 0.15) is 23.3 Å². The molecule has 0 unspecified atom stereocenters. The predicted molar refractivity (Wildman–Crippen MR) is 129 cm³/mol. The van der Waals surface area contributed by atoms with Gasteiger partial charge in [0, 0.05) is 37.0 Å². The van der Waals surface area contributed by atoms with E-state index in [0.29, 0.717) is 28.4 Å². The molecule has 12 heteroatoms. The summed E-state index contributed by atoms with van der Waals surface area (Å²) in [5.41, 5.74) is 1.93. The number of nitrogens with zero attached hydrogens (tertiary/aromatic N) is 3. The van der Waals surface area contributed by atoms with Gasteiger partial charge in [-0.15, -0.1) is 10.2 Å². The zero-order valence-electron chi connectivity index (χ0n) is 19.3. The molecule has 3 aromatic rings. The van der Waals surface area contributed by atoms with E-state index in [2.05, 4.69) is 31.1 Å². The third kappa shape index (κ3) is 5.38. The van der Waals surface area contributed by atoms with Crippen LogP contribution < -0.4 is 20.7 Å². The van der Waals surface area contributed by atoms with Gasteiger partial charge < -0.3 is 20.7 Å². The molecule has 1 saturated carbocycles. The Morgan fingerprint density at radius 1 is 1.09 bits per heavy atom. The summed E-state index contributed by atoms with van der Waals surface area (Å²) >= 11 is 0. The molecule has 2 heterocycles. The molecule has 11 nitrogen and oxygen atoms in total. The van der Waals surface area contributed by atoms with Gasteiger partial charge in [-0.2, -0.15) is 0 Å². The van der Waals surface area contributed by atoms with Crippen LogP contribution in [-0.4, -0.2) is 55.8 Å². The quantitative estimate of drug-likeness (QED) is 0.427. The number of anilines is 3. The van der Waals surface area contributed by atoms with Crippen LogP contribution in [-0.2, 0) is 14.6 Å². The van der Waals surface area contributed by atoms with Gasteiger partial charge in [0.05, 0.1) is 29.1 Å². The Kier molecular flexibility index (Phi) is 6.65. The lowest BCUT2D eigenvalue weighted by Gasteiger charge is -2.17. The zero-order chi connectivity index (χ0) is 25.2. The molecule has 0 aliphatic heterocycles. The lowest BCUT2D eigenvalue weighted by atomic mass is 10.1. The van der Waals surface area contributed by atoms with Crippen LogP contribution in [0, 0.1) is 5.92 Å². The van der Waals surface area contributed by atoms with E-state index >= 15 is 0 Å². The second-order valence-electron chi connectivity index (χ2n) is 8.00. The van der Waals surface area contributed by atoms with E-state index < -0.39 is 15.7 Å². The second-order valence-corrected chi connectivity index (χ2v) is 10.0. The lowest BCUT2D eigenvalue weighted by Crippen LogP contribution is -2.22. The highest BCUT2D eigenvalue weighted by atomic mass is 32.2. The van der Waals surface area contributed by atoms with Crippen LogP contribution in [0.3, 0.4) is 0 Å². The molecule has 182 valence electrons. The summed E-state index contributed by atoms with van der Waals surface area (Å²) in [5, 5.41) is 16.4. The van der Waals surface area contributed by atoms with Gasteiger partial charge in [-0.1, -0.05) is 6.07 Å². The van der Waals surface area contributed by atoms with Gasteiger partial charge >= 0.3 is 0 Å². The smallest absolute Gasteiger partial charge is 0.273 e. The van der Waals surface area contributed by atoms with Gasteiger partial charge in [-0.25, -0.2) is 8.42 Å². The molecule has 0 saturated heterocycles. The summed E-state index contributed by atoms with van der Waals surface area (Å²) in [7, 11) is -0.420. The fraction of sp³-hybridized carbons (Fsp3) is 0.261. The standard InChI is InChI=1S/C23H24N6O5S/c1-24-23(31)20-18(11-19(28-29-20)27-22(30)13-7-8-13)26-17-6-4-5-15(21(17)34-2)16-10-9-14(12-25-16)35(3,32)33/h4-6,9-13H,7-8H2,1-3H3,(H,24,31)(H2,26,27,28,30). The number of ether oxygens (including phenoxy) is 1. The summed E-state index contributed by atoms with van der Waals surface area (Å²) < 4.78 is 29.2. The Hall–Kier alpha value is -4.06. The van der Waals surface area contributed by atoms with Crippen molar-refractivity contribution in [1.29, 1.82) is 0 Å². The summed E-state index contributed by atoms with van der Waals surface area (Å²) in [4.78, 5) is 28.9. The highest BCUT2D eigenvalue weighted by molar-refractivity contribution is 7.90. The highest BCUT2D eigenvalue weighted by Crippen LogP contribution is 2.38. The molecule has 0 radical (unpaired) electrons. The summed E-state index contributed by atoms with van der Waals surface area (Å²) in [6.07, 6.45) is 4.08. The number of amides is 2. The number of sulfone groups is 1. The number of hydrogen-bond donors (Lipinski definition) is 3. The Morgan fingerprint density at radius 3 is 2.46 bits per heavy atom. The third-order valence-electron chi connectivity index (χ3n) is 5.36. The minimum Gasteiger partial charge on any atom is -0.494 e. The maximum atomic E-state index is 12.4. The Balaban J connectivity index is 1.71. The van der Waals surface area contributed by atoms with Crippen molar-refractivity contribution in [2.24, 2.45) is 5.92 Å². The van der Waals surface area contributed by atoms with Gasteiger partial charge in [0.1, 0.15) is 0 Å². The van der Waals surface area contributed by atoms with Crippen LogP contribution in [0.4, 0.5) is 17.2 Å². The molecular formula is C23H24N6O5S. The van der Waals surface area contributed by atoms with E-state index in [0.717, 1.165) is 19.1 Å². The first-order valence-corrected chi connectivity index (χ1v) is 12.6. The van der Waals surface area contributed by atoms with Crippen LogP contribution in [0.5, 0.6) is 5.75 Å². The van der Waals surface area contributed by atoms with E-state index in [1.165, 1.54) is 32.5 Å². The largest absolute Gasteiger partial charge is 0.494 e. The zero-order valence-corrected chi connectivity index (χ0v) is 20.1. The number of nitrogens with one attached hydrogen (secondary N) is 3. The Labute approximate surface area is 202 Å². The Morgan fingerprint density at radius 2 is 1.86 bits per heavy atom. The summed E-state index contributed by atoms with van der Waals surface area (Å²) in [5.74, 6) is 0.0000817. The van der Waals surface area contributed by atoms with E-state index in [-0.39, 0.29) is 28.2 Å². The molecule has 1 fully saturated rings. The van der Waals surface area contributed by atoms with E-state index in [9.17, 15) is 18.0 Å². The number of aromatic nitrogens is 3. The average molecular weight is 497 g/mol. The van der Waals surface area contributed by atoms with Crippen molar-refractivity contribution in [3.63, 3.8) is 0 Å². The molecule has 2 aromatic heterocycles. The molecule has 0 atom stereocenters. The van der Waals surface area contributed by atoms with Gasteiger partial charge in [-0.3, -0.25) is 14.6 Å². The number of benzene rings is 1. The molecule has 2 amide bonds. The number of carbonyl (C=O) groups excluding carboxylic acids is 2. The molecular weight excluding hydrogens is 472 g/mol. The van der Waals surface area contributed by atoms with Crippen LogP contribution >= 0.6 is 0 Å². The summed E-state index contributed by atoms with van der Waals surface area (Å²) in [6, 6.07) is 9.87. The van der Waals surface area contributed by atoms with Gasteiger partial charge in [-0.05, 0) is 37.1 Å². The van der Waals surface area contributed by atoms with Crippen molar-refractivity contribution in [3.05, 3.63) is 48.3 Å². The topological polar surface area (TPSA) is 152 Å². The molecule has 1 aliphatic carbocycles. The van der Waals surface area contributed by atoms with E-state index in [1.807, 2.05) is 0 Å². The minimum atomic E-state index is -3.38. The van der Waals surface area contributed by atoms with Crippen LogP contribution in [0.2, 0.25) is 0 Å². The number of carbonyl (C=O) groups is 2. The molecule has 3 N–H and O–H groups in total. The molecule has 35 heavy (non-hydrogen) atoms. The molecule has 1 aliphatic rings. The van der Waals surface area contributed by atoms with Crippen LogP contribution in [0.25, 0.3) is 11.3 Å². The average Bonchev–Trinajstić information content (AvgIpc) is 3.69. The van der Waals surface area contributed by atoms with Crippen molar-refractivity contribution < 1.29 is 22.7 Å². The highest BCUT2D eigenvalue weighted by Gasteiger charge is 2.30. The first-order valence-electron chi connectivity index (χ1n) is 10.7. The number of rotatable bonds is 8. The first-order chi connectivity index (χ1) is 16.7. The van der Waals surface area contributed by atoms with Gasteiger partial charge in [0.2, 0.25) is 5.91 Å². The van der Waals surface area contributed by atoms with Crippen LogP contribution in [0.15, 0.2) is 47.5 Å². The van der Waals surface area contributed by atoms with Crippen molar-refractivity contribution >= 4 is 38.8 Å².